The van der Waals surface area contributed by atoms with Crippen LogP contribution in [0.2, 0.25) is 0 Å². The summed E-state index contributed by atoms with van der Waals surface area (Å²) < 4.78 is 15.8. The summed E-state index contributed by atoms with van der Waals surface area (Å²) in [5, 5.41) is 3.00. The van der Waals surface area contributed by atoms with Gasteiger partial charge in [0.25, 0.3) is 0 Å². The van der Waals surface area contributed by atoms with Crippen LogP contribution in [0.25, 0.3) is 11.4 Å². The Bertz CT molecular complexity index is 561. The molecule has 0 saturated heterocycles. The van der Waals surface area contributed by atoms with Gasteiger partial charge in [-0.25, -0.2) is 4.39 Å². The van der Waals surface area contributed by atoms with E-state index >= 15 is 0 Å². The predicted molar refractivity (Wildman–Crippen MR) is 66.5 cm³/mol. The highest BCUT2D eigenvalue weighted by molar-refractivity contribution is 14.1. The van der Waals surface area contributed by atoms with Gasteiger partial charge in [-0.3, -0.25) is 9.78 Å². The Balaban J connectivity index is 2.59. The maximum Gasteiger partial charge on any atom is 0.216 e. The second kappa shape index (κ2) is 4.01. The molecule has 1 aromatic carbocycles. The largest absolute Gasteiger partial charge is 0.279 e. The van der Waals surface area contributed by atoms with Crippen molar-refractivity contribution in [2.75, 3.05) is 0 Å². The van der Waals surface area contributed by atoms with Gasteiger partial charge in [0.2, 0.25) is 4.77 Å². The van der Waals surface area contributed by atoms with E-state index < -0.39 is 0 Å². The highest BCUT2D eigenvalue weighted by Crippen LogP contribution is 2.22. The maximum absolute atomic E-state index is 12.9. The number of aromatic amines is 1. The van der Waals surface area contributed by atoms with Crippen LogP contribution in [-0.2, 0) is 7.05 Å². The molecule has 0 bridgehead atoms. The van der Waals surface area contributed by atoms with Crippen molar-refractivity contribution in [3.05, 3.63) is 32.4 Å². The van der Waals surface area contributed by atoms with Gasteiger partial charge < -0.3 is 0 Å². The smallest absolute Gasteiger partial charge is 0.216 e. The lowest BCUT2D eigenvalue weighted by Crippen LogP contribution is -1.91. The van der Waals surface area contributed by atoms with E-state index in [1.165, 1.54) is 12.1 Å². The van der Waals surface area contributed by atoms with E-state index in [-0.39, 0.29) is 5.82 Å². The third-order valence-corrected chi connectivity index (χ3v) is 3.21. The number of H-pyrrole nitrogens is 1. The lowest BCUT2D eigenvalue weighted by Gasteiger charge is -2.00. The molecule has 15 heavy (non-hydrogen) atoms. The van der Waals surface area contributed by atoms with E-state index in [0.717, 1.165) is 9.13 Å². The lowest BCUT2D eigenvalue weighted by molar-refractivity contribution is 0.627. The number of nitrogens with one attached hydrogen (secondary N) is 1. The molecule has 0 aliphatic rings. The third kappa shape index (κ3) is 2.10. The summed E-state index contributed by atoms with van der Waals surface area (Å²) in [5.41, 5.74) is 0.851. The molecule has 0 fully saturated rings. The minimum Gasteiger partial charge on any atom is -0.279 e. The average Bonchev–Trinajstić information content (AvgIpc) is 2.46. The molecule has 2 rings (SSSR count). The Kier molecular flexibility index (Phi) is 2.87. The van der Waals surface area contributed by atoms with E-state index in [9.17, 15) is 4.39 Å². The molecule has 0 aliphatic heterocycles. The molecular weight excluding hydrogens is 328 g/mol. The first-order valence-corrected chi connectivity index (χ1v) is 5.65. The van der Waals surface area contributed by atoms with Gasteiger partial charge in [-0.1, -0.05) is 0 Å². The molecule has 3 nitrogen and oxygen atoms in total. The van der Waals surface area contributed by atoms with Gasteiger partial charge in [-0.05, 0) is 53.0 Å². The van der Waals surface area contributed by atoms with Crippen LogP contribution in [-0.4, -0.2) is 14.8 Å². The highest BCUT2D eigenvalue weighted by atomic mass is 127. The molecule has 2 aromatic rings. The summed E-state index contributed by atoms with van der Waals surface area (Å²) in [6, 6.07) is 4.55. The van der Waals surface area contributed by atoms with Gasteiger partial charge >= 0.3 is 0 Å². The van der Waals surface area contributed by atoms with E-state index in [1.54, 1.807) is 17.8 Å². The number of aryl methyl sites for hydroxylation is 1. The molecule has 6 heteroatoms. The third-order valence-electron chi connectivity index (χ3n) is 1.95. The van der Waals surface area contributed by atoms with E-state index in [0.29, 0.717) is 10.6 Å². The molecule has 0 aliphatic carbocycles. The minimum atomic E-state index is -0.252. The number of benzene rings is 1. The van der Waals surface area contributed by atoms with Crippen LogP contribution in [0.4, 0.5) is 4.39 Å². The highest BCUT2D eigenvalue weighted by Gasteiger charge is 2.07. The normalized spacial score (nSPS) is 10.6. The summed E-state index contributed by atoms with van der Waals surface area (Å²) in [5.74, 6) is 0.407. The zero-order valence-corrected chi connectivity index (χ0v) is 10.8. The molecule has 1 aromatic heterocycles. The SMILES string of the molecule is Cn1[nH]c(-c2ccc(F)cc2I)nc1=S. The maximum atomic E-state index is 12.9. The Morgan fingerprint density at radius 3 is 2.80 bits per heavy atom. The van der Waals surface area contributed by atoms with Crippen LogP contribution < -0.4 is 0 Å². The fourth-order valence-corrected chi connectivity index (χ4v) is 2.07. The Hall–Kier alpha value is -0.760. The van der Waals surface area contributed by atoms with Crippen molar-refractivity contribution in [2.45, 2.75) is 0 Å². The van der Waals surface area contributed by atoms with Crippen LogP contribution in [0.1, 0.15) is 0 Å². The van der Waals surface area contributed by atoms with Gasteiger partial charge in [0, 0.05) is 16.2 Å². The zero-order chi connectivity index (χ0) is 11.0. The molecule has 0 unspecified atom stereocenters. The van der Waals surface area contributed by atoms with Crippen molar-refractivity contribution in [1.82, 2.24) is 14.8 Å². The summed E-state index contributed by atoms with van der Waals surface area (Å²) in [6.07, 6.45) is 0. The van der Waals surface area contributed by atoms with Gasteiger partial charge in [0.1, 0.15) is 5.82 Å². The number of halogens is 2. The van der Waals surface area contributed by atoms with E-state index in [2.05, 4.69) is 32.7 Å². The number of hydrogen-bond acceptors (Lipinski definition) is 2. The number of rotatable bonds is 1. The van der Waals surface area contributed by atoms with Crippen molar-refractivity contribution < 1.29 is 4.39 Å². The van der Waals surface area contributed by atoms with Crippen LogP contribution in [0.3, 0.4) is 0 Å². The van der Waals surface area contributed by atoms with Gasteiger partial charge in [0.15, 0.2) is 5.82 Å². The molecule has 0 amide bonds. The zero-order valence-electron chi connectivity index (χ0n) is 7.79. The molecule has 0 spiro atoms. The van der Waals surface area contributed by atoms with Crippen LogP contribution >= 0.6 is 34.8 Å². The molecule has 0 saturated carbocycles. The molecule has 0 atom stereocenters. The van der Waals surface area contributed by atoms with E-state index in [1.807, 2.05) is 0 Å². The van der Waals surface area contributed by atoms with Crippen molar-refractivity contribution in [1.29, 1.82) is 0 Å². The fourth-order valence-electron chi connectivity index (χ4n) is 1.20. The van der Waals surface area contributed by atoms with Crippen molar-refractivity contribution >= 4 is 34.8 Å². The molecule has 78 valence electrons. The topological polar surface area (TPSA) is 33.6 Å². The predicted octanol–water partition coefficient (Wildman–Crippen LogP) is 2.89. The van der Waals surface area contributed by atoms with Crippen molar-refractivity contribution in [2.24, 2.45) is 7.05 Å². The first-order chi connectivity index (χ1) is 7.08. The minimum absolute atomic E-state index is 0.252. The van der Waals surface area contributed by atoms with Gasteiger partial charge in [-0.15, -0.1) is 0 Å². The standard InChI is InChI=1S/C9H7FIN3S/c1-14-9(15)12-8(13-14)6-3-2-5(10)4-7(6)11/h2-4H,1H3,(H,12,13,15). The number of nitrogens with zero attached hydrogens (tertiary/aromatic N) is 2. The summed E-state index contributed by atoms with van der Waals surface area (Å²) >= 11 is 7.05. The lowest BCUT2D eigenvalue weighted by atomic mass is 10.2. The fraction of sp³-hybridized carbons (Fsp3) is 0.111. The first-order valence-electron chi connectivity index (χ1n) is 4.16. The summed E-state index contributed by atoms with van der Waals surface area (Å²) in [4.78, 5) is 4.17. The summed E-state index contributed by atoms with van der Waals surface area (Å²) in [6.45, 7) is 0. The average molecular weight is 335 g/mol. The Morgan fingerprint density at radius 1 is 1.53 bits per heavy atom. The van der Waals surface area contributed by atoms with Crippen molar-refractivity contribution in [3.8, 4) is 11.4 Å². The molecule has 1 heterocycles. The van der Waals surface area contributed by atoms with Crippen LogP contribution in [0.5, 0.6) is 0 Å². The molecule has 0 radical (unpaired) electrons. The van der Waals surface area contributed by atoms with Crippen LogP contribution in [0, 0.1) is 14.2 Å². The molecular formula is C9H7FIN3S. The van der Waals surface area contributed by atoms with Gasteiger partial charge in [0.05, 0.1) is 0 Å². The van der Waals surface area contributed by atoms with E-state index in [4.69, 9.17) is 12.2 Å². The second-order valence-corrected chi connectivity index (χ2v) is 4.57. The monoisotopic (exact) mass is 335 g/mol. The molecule has 1 N–H and O–H groups in total. The second-order valence-electron chi connectivity index (χ2n) is 3.04. The Labute approximate surface area is 104 Å². The number of aromatic nitrogens is 3. The summed E-state index contributed by atoms with van der Waals surface area (Å²) in [7, 11) is 1.79. The Morgan fingerprint density at radius 2 is 2.27 bits per heavy atom. The van der Waals surface area contributed by atoms with Crippen molar-refractivity contribution in [3.63, 3.8) is 0 Å². The van der Waals surface area contributed by atoms with Crippen LogP contribution in [0.15, 0.2) is 18.2 Å². The first kappa shape index (κ1) is 10.7. The quantitative estimate of drug-likeness (QED) is 0.642. The van der Waals surface area contributed by atoms with Gasteiger partial charge in [-0.2, -0.15) is 4.98 Å². The number of hydrogen-bond donors (Lipinski definition) is 1.